The molecule has 0 atom stereocenters. The summed E-state index contributed by atoms with van der Waals surface area (Å²) in [6.45, 7) is 10.9. The van der Waals surface area contributed by atoms with Gasteiger partial charge in [-0.1, -0.05) is 49.7 Å². The molecule has 3 heterocycles. The number of fused-ring (bicyclic) bond motifs is 3. The number of aryl methyl sites for hydroxylation is 2. The molecular formula is C38H32N4OPt. The van der Waals surface area contributed by atoms with Crippen LogP contribution in [0.3, 0.4) is 0 Å². The summed E-state index contributed by atoms with van der Waals surface area (Å²) < 4.78 is 10.4. The van der Waals surface area contributed by atoms with Gasteiger partial charge in [0.1, 0.15) is 5.82 Å². The van der Waals surface area contributed by atoms with Crippen LogP contribution in [-0.2, 0) is 21.1 Å². The number of hydrogen-bond acceptors (Lipinski definition) is 3. The quantitative estimate of drug-likeness (QED) is 0.159. The molecule has 0 aliphatic heterocycles. The van der Waals surface area contributed by atoms with Crippen LogP contribution in [0.4, 0.5) is 0 Å². The summed E-state index contributed by atoms with van der Waals surface area (Å²) in [6, 6.07) is 33.7. The summed E-state index contributed by atoms with van der Waals surface area (Å²) >= 11 is 0. The molecule has 3 aromatic heterocycles. The van der Waals surface area contributed by atoms with Gasteiger partial charge in [0.05, 0.1) is 6.20 Å². The molecule has 0 bridgehead atoms. The van der Waals surface area contributed by atoms with Gasteiger partial charge in [-0.15, -0.1) is 35.7 Å². The minimum atomic E-state index is 0. The maximum absolute atomic E-state index is 6.35. The van der Waals surface area contributed by atoms with E-state index in [1.54, 1.807) is 0 Å². The summed E-state index contributed by atoms with van der Waals surface area (Å²) in [5.74, 6) is 2.51. The summed E-state index contributed by atoms with van der Waals surface area (Å²) in [5, 5.41) is 6.94. The fourth-order valence-electron chi connectivity index (χ4n) is 6.08. The molecule has 0 spiro atoms. The fourth-order valence-corrected chi connectivity index (χ4v) is 6.08. The minimum Gasteiger partial charge on any atom is -0.509 e. The van der Waals surface area contributed by atoms with E-state index in [1.165, 1.54) is 22.3 Å². The van der Waals surface area contributed by atoms with Crippen molar-refractivity contribution in [3.8, 4) is 34.1 Å². The third-order valence-corrected chi connectivity index (χ3v) is 8.12. The standard InChI is InChI=1S/C38H32N4O.Pt/c1-24(2)32-15-13-26(4)38(27(32)5)28-22-40-41(23-28)29-9-8-10-30(20-29)43-31-14-16-34-33-11-6-7-12-35(33)42(36(34)21-31)37-19-25(3)17-18-39-37;/h6-19,22-24H,1-5H3;/q-2;+2. The largest absolute Gasteiger partial charge is 2.00 e. The van der Waals surface area contributed by atoms with Crippen LogP contribution in [-0.4, -0.2) is 19.3 Å². The van der Waals surface area contributed by atoms with Crippen molar-refractivity contribution in [1.82, 2.24) is 19.3 Å². The number of benzene rings is 4. The molecule has 6 heteroatoms. The van der Waals surface area contributed by atoms with Crippen molar-refractivity contribution in [2.45, 2.75) is 40.5 Å². The zero-order valence-electron chi connectivity index (χ0n) is 25.3. The Bertz CT molecular complexity index is 2140. The Morgan fingerprint density at radius 2 is 1.64 bits per heavy atom. The summed E-state index contributed by atoms with van der Waals surface area (Å²) in [5.41, 5.74) is 10.2. The van der Waals surface area contributed by atoms with Gasteiger partial charge in [0.2, 0.25) is 0 Å². The Morgan fingerprint density at radius 3 is 2.45 bits per heavy atom. The first kappa shape index (κ1) is 29.6. The topological polar surface area (TPSA) is 44.9 Å². The van der Waals surface area contributed by atoms with Crippen LogP contribution in [0.5, 0.6) is 11.5 Å². The van der Waals surface area contributed by atoms with Gasteiger partial charge in [-0.3, -0.25) is 4.68 Å². The number of para-hydroxylation sites is 1. The molecule has 4 aromatic carbocycles. The number of hydrogen-bond donors (Lipinski definition) is 0. The predicted octanol–water partition coefficient (Wildman–Crippen LogP) is 9.47. The van der Waals surface area contributed by atoms with E-state index in [4.69, 9.17) is 9.84 Å². The van der Waals surface area contributed by atoms with Gasteiger partial charge in [-0.2, -0.15) is 17.2 Å². The molecule has 0 saturated carbocycles. The van der Waals surface area contributed by atoms with Crippen molar-refractivity contribution in [3.63, 3.8) is 0 Å². The number of ether oxygens (including phenoxy) is 1. The molecule has 44 heavy (non-hydrogen) atoms. The number of rotatable bonds is 6. The van der Waals surface area contributed by atoms with Crippen molar-refractivity contribution in [2.24, 2.45) is 0 Å². The Labute approximate surface area is 272 Å². The Kier molecular flexibility index (Phi) is 8.00. The summed E-state index contributed by atoms with van der Waals surface area (Å²) in [6.07, 6.45) is 5.84. The van der Waals surface area contributed by atoms with Crippen molar-refractivity contribution >= 4 is 21.8 Å². The number of aromatic nitrogens is 4. The zero-order chi connectivity index (χ0) is 29.7. The fraction of sp³-hybridized carbons (Fsp3) is 0.158. The average Bonchev–Trinajstić information content (AvgIpc) is 3.60. The molecule has 220 valence electrons. The normalized spacial score (nSPS) is 11.3. The van der Waals surface area contributed by atoms with E-state index in [-0.39, 0.29) is 21.1 Å². The molecular weight excluding hydrogens is 724 g/mol. The zero-order valence-corrected chi connectivity index (χ0v) is 27.6. The first-order chi connectivity index (χ1) is 20.9. The molecule has 0 saturated heterocycles. The number of nitrogens with zero attached hydrogens (tertiary/aromatic N) is 4. The molecule has 0 radical (unpaired) electrons. The van der Waals surface area contributed by atoms with Crippen molar-refractivity contribution < 1.29 is 25.8 Å². The molecule has 7 aromatic rings. The van der Waals surface area contributed by atoms with Gasteiger partial charge >= 0.3 is 21.1 Å². The smallest absolute Gasteiger partial charge is 0.509 e. The second-order valence-electron chi connectivity index (χ2n) is 11.4. The van der Waals surface area contributed by atoms with Crippen molar-refractivity contribution in [2.75, 3.05) is 0 Å². The number of pyridine rings is 1. The van der Waals surface area contributed by atoms with E-state index < -0.39 is 0 Å². The van der Waals surface area contributed by atoms with Crippen LogP contribution >= 0.6 is 0 Å². The molecule has 0 unspecified atom stereocenters. The second kappa shape index (κ2) is 11.9. The van der Waals surface area contributed by atoms with E-state index in [1.807, 2.05) is 47.4 Å². The van der Waals surface area contributed by atoms with E-state index in [2.05, 4.69) is 111 Å². The van der Waals surface area contributed by atoms with Crippen LogP contribution in [0, 0.1) is 32.9 Å². The third-order valence-electron chi connectivity index (χ3n) is 8.12. The Hall–Kier alpha value is -4.47. The van der Waals surface area contributed by atoms with Crippen molar-refractivity contribution in [1.29, 1.82) is 0 Å². The average molecular weight is 756 g/mol. The first-order valence-electron chi connectivity index (χ1n) is 14.6. The molecule has 0 amide bonds. The molecule has 0 N–H and O–H groups in total. The third kappa shape index (κ3) is 5.26. The Morgan fingerprint density at radius 1 is 0.818 bits per heavy atom. The van der Waals surface area contributed by atoms with Gasteiger partial charge < -0.3 is 9.30 Å². The predicted molar refractivity (Wildman–Crippen MR) is 174 cm³/mol. The van der Waals surface area contributed by atoms with Gasteiger partial charge in [0.25, 0.3) is 0 Å². The van der Waals surface area contributed by atoms with E-state index in [0.717, 1.165) is 44.4 Å². The van der Waals surface area contributed by atoms with Crippen LogP contribution in [0.15, 0.2) is 97.5 Å². The maximum atomic E-state index is 6.35. The first-order valence-corrected chi connectivity index (χ1v) is 14.6. The molecule has 0 fully saturated rings. The molecule has 7 rings (SSSR count). The van der Waals surface area contributed by atoms with Gasteiger partial charge in [0, 0.05) is 35.0 Å². The van der Waals surface area contributed by atoms with Gasteiger partial charge in [-0.25, -0.2) is 4.98 Å². The van der Waals surface area contributed by atoms with Gasteiger partial charge in [0.15, 0.2) is 0 Å². The van der Waals surface area contributed by atoms with E-state index in [0.29, 0.717) is 17.4 Å². The van der Waals surface area contributed by atoms with E-state index in [9.17, 15) is 0 Å². The maximum Gasteiger partial charge on any atom is 2.00 e. The summed E-state index contributed by atoms with van der Waals surface area (Å²) in [7, 11) is 0. The van der Waals surface area contributed by atoms with Crippen LogP contribution in [0.1, 0.15) is 42.0 Å². The van der Waals surface area contributed by atoms with E-state index >= 15 is 0 Å². The molecule has 0 aliphatic carbocycles. The van der Waals surface area contributed by atoms with Crippen LogP contribution in [0.25, 0.3) is 44.4 Å². The van der Waals surface area contributed by atoms with Gasteiger partial charge in [-0.05, 0) is 83.8 Å². The monoisotopic (exact) mass is 755 g/mol. The Balaban J connectivity index is 0.00000343. The molecule has 0 aliphatic rings. The second-order valence-corrected chi connectivity index (χ2v) is 11.4. The summed E-state index contributed by atoms with van der Waals surface area (Å²) in [4.78, 5) is 4.68. The van der Waals surface area contributed by atoms with Crippen molar-refractivity contribution in [3.05, 3.63) is 132 Å². The van der Waals surface area contributed by atoms with Crippen LogP contribution < -0.4 is 4.74 Å². The SMILES string of the molecule is Cc1ccnc(-n2c3[c-]c(Oc4[c-]c(-n5cc(-c6c(C)ccc(C(C)C)c6C)cn5)ccc4)ccc3c3ccccc32)c1.[Pt+2]. The molecule has 5 nitrogen and oxygen atoms in total. The van der Waals surface area contributed by atoms with Crippen LogP contribution in [0.2, 0.25) is 0 Å². The minimum absolute atomic E-state index is 0.